The summed E-state index contributed by atoms with van der Waals surface area (Å²) in [5, 5.41) is 12.2. The van der Waals surface area contributed by atoms with Gasteiger partial charge in [0.1, 0.15) is 5.82 Å². The summed E-state index contributed by atoms with van der Waals surface area (Å²) >= 11 is 16.0. The smallest absolute Gasteiger partial charge is 0.321 e. The van der Waals surface area contributed by atoms with E-state index in [0.29, 0.717) is 40.4 Å². The minimum atomic E-state index is -0.111. The number of carbonyl (C=O) groups is 1. The van der Waals surface area contributed by atoms with Gasteiger partial charge in [0.2, 0.25) is 0 Å². The number of rotatable bonds is 5. The Kier molecular flexibility index (Phi) is 7.13. The summed E-state index contributed by atoms with van der Waals surface area (Å²) in [4.78, 5) is 19.4. The number of anilines is 2. The molecule has 0 spiro atoms. The van der Waals surface area contributed by atoms with Gasteiger partial charge in [-0.1, -0.05) is 47.5 Å². The van der Waals surface area contributed by atoms with Gasteiger partial charge >= 0.3 is 6.03 Å². The van der Waals surface area contributed by atoms with Crippen LogP contribution in [0.4, 0.5) is 16.3 Å². The number of fused-ring (bicyclic) bond motifs is 1. The second-order valence-corrected chi connectivity index (χ2v) is 10.2. The Morgan fingerprint density at radius 3 is 2.83 bits per heavy atom. The molecule has 10 heteroatoms. The number of nitrogens with zero attached hydrogens (tertiary/aromatic N) is 4. The molecule has 2 amide bonds. The van der Waals surface area contributed by atoms with E-state index in [1.54, 1.807) is 22.8 Å². The van der Waals surface area contributed by atoms with E-state index in [0.717, 1.165) is 40.9 Å². The maximum atomic E-state index is 12.8. The minimum absolute atomic E-state index is 0.111. The molecule has 3 heterocycles. The SMILES string of the molecule is O=C(Nc1cccc(Cl)c1)N1CCCC(CNc2cc(-c3ccccc3Cl)nc3c(Br)cnn23)C1. The lowest BCUT2D eigenvalue weighted by Gasteiger charge is -2.33. The maximum Gasteiger partial charge on any atom is 0.321 e. The first-order valence-corrected chi connectivity index (χ1v) is 12.9. The van der Waals surface area contributed by atoms with Crippen molar-refractivity contribution in [1.29, 1.82) is 0 Å². The molecule has 0 radical (unpaired) electrons. The van der Waals surface area contributed by atoms with E-state index in [1.807, 2.05) is 47.4 Å². The van der Waals surface area contributed by atoms with Crippen LogP contribution < -0.4 is 10.6 Å². The zero-order valence-corrected chi connectivity index (χ0v) is 21.8. The fourth-order valence-electron chi connectivity index (χ4n) is 4.30. The van der Waals surface area contributed by atoms with Gasteiger partial charge in [0.25, 0.3) is 0 Å². The highest BCUT2D eigenvalue weighted by Crippen LogP contribution is 2.30. The molecule has 0 bridgehead atoms. The molecule has 35 heavy (non-hydrogen) atoms. The van der Waals surface area contributed by atoms with Gasteiger partial charge in [0.05, 0.1) is 16.4 Å². The Bertz CT molecular complexity index is 1380. The molecule has 1 aliphatic rings. The van der Waals surface area contributed by atoms with Crippen LogP contribution in [0.2, 0.25) is 10.0 Å². The van der Waals surface area contributed by atoms with Crippen LogP contribution in [0, 0.1) is 5.92 Å². The molecule has 1 atom stereocenters. The molecule has 5 rings (SSSR count). The summed E-state index contributed by atoms with van der Waals surface area (Å²) < 4.78 is 2.58. The van der Waals surface area contributed by atoms with E-state index in [9.17, 15) is 4.79 Å². The number of hydrogen-bond donors (Lipinski definition) is 2. The second-order valence-electron chi connectivity index (χ2n) is 8.51. The lowest BCUT2D eigenvalue weighted by atomic mass is 9.98. The third-order valence-electron chi connectivity index (χ3n) is 6.03. The number of aromatic nitrogens is 3. The largest absolute Gasteiger partial charge is 0.370 e. The molecule has 2 N–H and O–H groups in total. The van der Waals surface area contributed by atoms with Gasteiger partial charge in [-0.25, -0.2) is 9.78 Å². The topological polar surface area (TPSA) is 74.6 Å². The molecule has 0 saturated carbocycles. The Labute approximate surface area is 221 Å². The summed E-state index contributed by atoms with van der Waals surface area (Å²) in [6.07, 6.45) is 3.70. The van der Waals surface area contributed by atoms with Crippen molar-refractivity contribution in [2.45, 2.75) is 12.8 Å². The van der Waals surface area contributed by atoms with Crippen molar-refractivity contribution < 1.29 is 4.79 Å². The van der Waals surface area contributed by atoms with E-state index in [2.05, 4.69) is 31.7 Å². The van der Waals surface area contributed by atoms with Crippen LogP contribution in [0.3, 0.4) is 0 Å². The molecule has 7 nitrogen and oxygen atoms in total. The van der Waals surface area contributed by atoms with Crippen LogP contribution in [-0.2, 0) is 0 Å². The van der Waals surface area contributed by atoms with E-state index in [4.69, 9.17) is 28.2 Å². The third-order valence-corrected chi connectivity index (χ3v) is 7.16. The van der Waals surface area contributed by atoms with Crippen molar-refractivity contribution in [1.82, 2.24) is 19.5 Å². The van der Waals surface area contributed by atoms with Crippen LogP contribution in [0.15, 0.2) is 65.3 Å². The molecule has 1 fully saturated rings. The molecule has 1 saturated heterocycles. The monoisotopic (exact) mass is 572 g/mol. The molecular formula is C25H23BrCl2N6O. The number of amides is 2. The summed E-state index contributed by atoms with van der Waals surface area (Å²) in [7, 11) is 0. The van der Waals surface area contributed by atoms with Crippen molar-refractivity contribution in [2.24, 2.45) is 5.92 Å². The Morgan fingerprint density at radius 1 is 1.14 bits per heavy atom. The predicted octanol–water partition coefficient (Wildman–Crippen LogP) is 6.82. The summed E-state index contributed by atoms with van der Waals surface area (Å²) in [5.41, 5.74) is 3.02. The summed E-state index contributed by atoms with van der Waals surface area (Å²) in [6, 6.07) is 16.7. The fraction of sp³-hybridized carbons (Fsp3) is 0.240. The van der Waals surface area contributed by atoms with Crippen LogP contribution >= 0.6 is 39.1 Å². The molecule has 0 aliphatic carbocycles. The second kappa shape index (κ2) is 10.4. The number of benzene rings is 2. The molecular weight excluding hydrogens is 551 g/mol. The van der Waals surface area contributed by atoms with E-state index >= 15 is 0 Å². The highest BCUT2D eigenvalue weighted by atomic mass is 79.9. The maximum absolute atomic E-state index is 12.8. The van der Waals surface area contributed by atoms with Crippen molar-refractivity contribution >= 4 is 62.3 Å². The number of hydrogen-bond acceptors (Lipinski definition) is 4. The van der Waals surface area contributed by atoms with Crippen LogP contribution in [0.5, 0.6) is 0 Å². The number of piperidine rings is 1. The summed E-state index contributed by atoms with van der Waals surface area (Å²) in [5.74, 6) is 1.11. The summed E-state index contributed by atoms with van der Waals surface area (Å²) in [6.45, 7) is 2.08. The van der Waals surface area contributed by atoms with Crippen molar-refractivity contribution in [2.75, 3.05) is 30.3 Å². The van der Waals surface area contributed by atoms with Gasteiger partial charge < -0.3 is 15.5 Å². The van der Waals surface area contributed by atoms with E-state index < -0.39 is 0 Å². The van der Waals surface area contributed by atoms with Gasteiger partial charge in [0, 0.05) is 47.0 Å². The number of urea groups is 1. The Morgan fingerprint density at radius 2 is 2.00 bits per heavy atom. The molecule has 2 aromatic heterocycles. The quantitative estimate of drug-likeness (QED) is 0.275. The van der Waals surface area contributed by atoms with Crippen molar-refractivity contribution in [3.63, 3.8) is 0 Å². The highest BCUT2D eigenvalue weighted by molar-refractivity contribution is 9.10. The van der Waals surface area contributed by atoms with Crippen LogP contribution in [0.1, 0.15) is 12.8 Å². The first kappa shape index (κ1) is 23.9. The zero-order valence-electron chi connectivity index (χ0n) is 18.7. The average Bonchev–Trinajstić information content (AvgIpc) is 3.24. The van der Waals surface area contributed by atoms with Crippen LogP contribution in [-0.4, -0.2) is 45.2 Å². The highest BCUT2D eigenvalue weighted by Gasteiger charge is 2.24. The third kappa shape index (κ3) is 5.39. The standard InChI is InChI=1S/C25H23BrCl2N6O/c26-20-14-30-34-23(12-22(32-24(20)34)19-8-1-2-9-21(19)28)29-13-16-5-4-10-33(15-16)25(35)31-18-7-3-6-17(27)11-18/h1-3,6-9,11-12,14,16,29H,4-5,10,13,15H2,(H,31,35). The first-order valence-electron chi connectivity index (χ1n) is 11.3. The fourth-order valence-corrected chi connectivity index (χ4v) is 5.07. The minimum Gasteiger partial charge on any atom is -0.370 e. The number of halogens is 3. The normalized spacial score (nSPS) is 15.9. The Hall–Kier alpha value is -2.81. The first-order chi connectivity index (χ1) is 17.0. The van der Waals surface area contributed by atoms with Crippen LogP contribution in [0.25, 0.3) is 16.9 Å². The average molecular weight is 574 g/mol. The van der Waals surface area contributed by atoms with Crippen molar-refractivity contribution in [3.8, 4) is 11.3 Å². The van der Waals surface area contributed by atoms with Gasteiger partial charge in [-0.3, -0.25) is 0 Å². The number of carbonyl (C=O) groups excluding carboxylic acids is 1. The van der Waals surface area contributed by atoms with Gasteiger partial charge in [-0.15, -0.1) is 0 Å². The lowest BCUT2D eigenvalue weighted by molar-refractivity contribution is 0.180. The predicted molar refractivity (Wildman–Crippen MR) is 144 cm³/mol. The zero-order chi connectivity index (χ0) is 24.4. The number of likely N-dealkylation sites (tertiary alicyclic amines) is 1. The molecule has 1 aliphatic heterocycles. The van der Waals surface area contributed by atoms with Gasteiger partial charge in [-0.2, -0.15) is 9.61 Å². The molecule has 180 valence electrons. The molecule has 4 aromatic rings. The molecule has 2 aromatic carbocycles. The molecule has 1 unspecified atom stereocenters. The number of nitrogens with one attached hydrogen (secondary N) is 2. The van der Waals surface area contributed by atoms with Crippen molar-refractivity contribution in [3.05, 3.63) is 75.3 Å². The van der Waals surface area contributed by atoms with E-state index in [-0.39, 0.29) is 6.03 Å². The Balaban J connectivity index is 1.31. The lowest BCUT2D eigenvalue weighted by Crippen LogP contribution is -2.44. The van der Waals surface area contributed by atoms with Gasteiger partial charge in [0.15, 0.2) is 5.65 Å². The van der Waals surface area contributed by atoms with E-state index in [1.165, 1.54) is 0 Å². The van der Waals surface area contributed by atoms with Gasteiger partial charge in [-0.05, 0) is 59.0 Å².